The summed E-state index contributed by atoms with van der Waals surface area (Å²) >= 11 is 0. The molecule has 0 aromatic rings. The molecule has 0 bridgehead atoms. The first kappa shape index (κ1) is 15.3. The van der Waals surface area contributed by atoms with E-state index in [9.17, 15) is 13.2 Å². The van der Waals surface area contributed by atoms with Crippen molar-refractivity contribution in [1.82, 2.24) is 14.3 Å². The molecule has 0 fully saturated rings. The Morgan fingerprint density at radius 1 is 1.50 bits per heavy atom. The number of nitrogens with zero attached hydrogens (tertiary/aromatic N) is 1. The normalized spacial score (nSPS) is 13.8. The van der Waals surface area contributed by atoms with E-state index in [0.717, 1.165) is 4.31 Å². The maximum Gasteiger partial charge on any atom is 0.279 e. The van der Waals surface area contributed by atoms with E-state index in [0.29, 0.717) is 19.5 Å². The number of carbonyl (C=O) groups excluding carboxylic acids is 1. The highest BCUT2D eigenvalue weighted by Crippen LogP contribution is 1.97. The molecule has 96 valence electrons. The molecule has 0 aliphatic rings. The Labute approximate surface area is 96.6 Å². The standard InChI is InChI=1S/C8H20N4O3S/c1-7(8(13)10-2)11-16(14,15)12(3)6-4-5-9/h7,11H,4-6,9H2,1-3H3,(H,10,13). The van der Waals surface area contributed by atoms with Gasteiger partial charge in [0.1, 0.15) is 0 Å². The highest BCUT2D eigenvalue weighted by Gasteiger charge is 2.22. The predicted octanol–water partition coefficient (Wildman–Crippen LogP) is -1.76. The molecule has 0 aliphatic carbocycles. The third kappa shape index (κ3) is 4.88. The molecular weight excluding hydrogens is 232 g/mol. The Hall–Kier alpha value is -0.700. The lowest BCUT2D eigenvalue weighted by molar-refractivity contribution is -0.121. The van der Waals surface area contributed by atoms with Crippen molar-refractivity contribution in [3.63, 3.8) is 0 Å². The van der Waals surface area contributed by atoms with Gasteiger partial charge in [-0.2, -0.15) is 17.4 Å². The van der Waals surface area contributed by atoms with Gasteiger partial charge in [-0.1, -0.05) is 0 Å². The summed E-state index contributed by atoms with van der Waals surface area (Å²) in [6.07, 6.45) is 0.575. The second kappa shape index (κ2) is 6.79. The van der Waals surface area contributed by atoms with Crippen LogP contribution in [0.4, 0.5) is 0 Å². The fraction of sp³-hybridized carbons (Fsp3) is 0.875. The maximum atomic E-state index is 11.7. The SMILES string of the molecule is CNC(=O)C(C)NS(=O)(=O)N(C)CCCN. The first-order valence-electron chi connectivity index (χ1n) is 5.00. The lowest BCUT2D eigenvalue weighted by atomic mass is 10.3. The van der Waals surface area contributed by atoms with Gasteiger partial charge in [0.15, 0.2) is 0 Å². The first-order valence-corrected chi connectivity index (χ1v) is 6.44. The Kier molecular flexibility index (Phi) is 6.49. The lowest BCUT2D eigenvalue weighted by Crippen LogP contribution is -2.48. The van der Waals surface area contributed by atoms with Crippen molar-refractivity contribution in [3.05, 3.63) is 0 Å². The van der Waals surface area contributed by atoms with Gasteiger partial charge in [0, 0.05) is 20.6 Å². The summed E-state index contributed by atoms with van der Waals surface area (Å²) in [6, 6.07) is -0.796. The van der Waals surface area contributed by atoms with Gasteiger partial charge in [-0.05, 0) is 19.9 Å². The van der Waals surface area contributed by atoms with Crippen molar-refractivity contribution in [2.75, 3.05) is 27.2 Å². The quantitative estimate of drug-likeness (QED) is 0.499. The third-order valence-electron chi connectivity index (χ3n) is 2.05. The summed E-state index contributed by atoms with van der Waals surface area (Å²) in [5.41, 5.74) is 5.29. The average Bonchev–Trinajstić information content (AvgIpc) is 2.23. The minimum atomic E-state index is -3.62. The highest BCUT2D eigenvalue weighted by molar-refractivity contribution is 7.87. The lowest BCUT2D eigenvalue weighted by Gasteiger charge is -2.20. The maximum absolute atomic E-state index is 11.7. The molecule has 1 amide bonds. The van der Waals surface area contributed by atoms with Crippen LogP contribution < -0.4 is 15.8 Å². The molecule has 16 heavy (non-hydrogen) atoms. The van der Waals surface area contributed by atoms with E-state index in [1.165, 1.54) is 21.0 Å². The van der Waals surface area contributed by atoms with Crippen LogP contribution in [0.15, 0.2) is 0 Å². The summed E-state index contributed by atoms with van der Waals surface area (Å²) in [5.74, 6) is -0.379. The molecule has 1 atom stereocenters. The Bertz CT molecular complexity index is 317. The second-order valence-corrected chi connectivity index (χ2v) is 5.23. The van der Waals surface area contributed by atoms with E-state index in [2.05, 4.69) is 10.0 Å². The minimum Gasteiger partial charge on any atom is -0.358 e. The molecule has 0 aromatic carbocycles. The van der Waals surface area contributed by atoms with Crippen LogP contribution in [0, 0.1) is 0 Å². The molecule has 0 radical (unpaired) electrons. The molecule has 0 rings (SSSR count). The van der Waals surface area contributed by atoms with E-state index in [1.54, 1.807) is 0 Å². The van der Waals surface area contributed by atoms with E-state index in [-0.39, 0.29) is 5.91 Å². The molecule has 0 saturated carbocycles. The van der Waals surface area contributed by atoms with Crippen LogP contribution in [0.5, 0.6) is 0 Å². The van der Waals surface area contributed by atoms with Crippen LogP contribution in [0.25, 0.3) is 0 Å². The van der Waals surface area contributed by atoms with E-state index >= 15 is 0 Å². The number of likely N-dealkylation sites (N-methyl/N-ethyl adjacent to an activating group) is 1. The molecule has 0 spiro atoms. The number of nitrogens with one attached hydrogen (secondary N) is 2. The van der Waals surface area contributed by atoms with Gasteiger partial charge < -0.3 is 11.1 Å². The highest BCUT2D eigenvalue weighted by atomic mass is 32.2. The number of hydrogen-bond acceptors (Lipinski definition) is 4. The monoisotopic (exact) mass is 252 g/mol. The molecule has 0 saturated heterocycles. The van der Waals surface area contributed by atoms with Gasteiger partial charge in [0.25, 0.3) is 10.2 Å². The molecule has 1 unspecified atom stereocenters. The Morgan fingerprint density at radius 2 is 2.06 bits per heavy atom. The fourth-order valence-corrected chi connectivity index (χ4v) is 2.12. The number of amides is 1. The van der Waals surface area contributed by atoms with Crippen LogP contribution in [0.2, 0.25) is 0 Å². The van der Waals surface area contributed by atoms with Gasteiger partial charge in [-0.25, -0.2) is 0 Å². The third-order valence-corrected chi connectivity index (χ3v) is 3.71. The van der Waals surface area contributed by atoms with Gasteiger partial charge in [0.05, 0.1) is 6.04 Å². The van der Waals surface area contributed by atoms with Crippen LogP contribution in [-0.2, 0) is 15.0 Å². The summed E-state index contributed by atoms with van der Waals surface area (Å²) in [7, 11) is -0.731. The molecule has 8 heteroatoms. The zero-order valence-corrected chi connectivity index (χ0v) is 10.7. The second-order valence-electron chi connectivity index (χ2n) is 3.42. The first-order chi connectivity index (χ1) is 7.35. The van der Waals surface area contributed by atoms with Crippen LogP contribution in [0.3, 0.4) is 0 Å². The van der Waals surface area contributed by atoms with Crippen molar-refractivity contribution < 1.29 is 13.2 Å². The van der Waals surface area contributed by atoms with Crippen molar-refractivity contribution in [2.24, 2.45) is 5.73 Å². The predicted molar refractivity (Wildman–Crippen MR) is 61.9 cm³/mol. The fourth-order valence-electron chi connectivity index (χ4n) is 1.02. The molecule has 0 aliphatic heterocycles. The van der Waals surface area contributed by atoms with E-state index < -0.39 is 16.3 Å². The smallest absolute Gasteiger partial charge is 0.279 e. The van der Waals surface area contributed by atoms with Crippen LogP contribution in [0.1, 0.15) is 13.3 Å². The molecule has 4 N–H and O–H groups in total. The molecule has 0 heterocycles. The van der Waals surface area contributed by atoms with Crippen molar-refractivity contribution >= 4 is 16.1 Å². The van der Waals surface area contributed by atoms with Gasteiger partial charge in [-0.3, -0.25) is 4.79 Å². The molecular formula is C8H20N4O3S. The summed E-state index contributed by atoms with van der Waals surface area (Å²) in [4.78, 5) is 11.1. The van der Waals surface area contributed by atoms with Gasteiger partial charge >= 0.3 is 0 Å². The number of nitrogens with two attached hydrogens (primary N) is 1. The summed E-state index contributed by atoms with van der Waals surface area (Å²) in [5, 5.41) is 2.37. The summed E-state index contributed by atoms with van der Waals surface area (Å²) in [6.45, 7) is 2.23. The van der Waals surface area contributed by atoms with E-state index in [1.807, 2.05) is 0 Å². The number of rotatable bonds is 7. The summed E-state index contributed by atoms with van der Waals surface area (Å²) < 4.78 is 26.7. The Morgan fingerprint density at radius 3 is 2.50 bits per heavy atom. The van der Waals surface area contributed by atoms with Crippen molar-refractivity contribution in [3.8, 4) is 0 Å². The van der Waals surface area contributed by atoms with Gasteiger partial charge in [-0.15, -0.1) is 0 Å². The van der Waals surface area contributed by atoms with Gasteiger partial charge in [0.2, 0.25) is 5.91 Å². The Balaban J connectivity index is 4.39. The topological polar surface area (TPSA) is 105 Å². The zero-order valence-electron chi connectivity index (χ0n) is 9.86. The molecule has 0 aromatic heterocycles. The zero-order chi connectivity index (χ0) is 12.8. The van der Waals surface area contributed by atoms with Crippen molar-refractivity contribution in [2.45, 2.75) is 19.4 Å². The molecule has 7 nitrogen and oxygen atoms in total. The largest absolute Gasteiger partial charge is 0.358 e. The number of hydrogen-bond donors (Lipinski definition) is 3. The van der Waals surface area contributed by atoms with Crippen LogP contribution >= 0.6 is 0 Å². The van der Waals surface area contributed by atoms with E-state index in [4.69, 9.17) is 5.73 Å². The van der Waals surface area contributed by atoms with Crippen molar-refractivity contribution in [1.29, 1.82) is 0 Å². The minimum absolute atomic E-state index is 0.326. The van der Waals surface area contributed by atoms with Crippen LogP contribution in [-0.4, -0.2) is 51.9 Å². The average molecular weight is 252 g/mol. The number of carbonyl (C=O) groups is 1.